The van der Waals surface area contributed by atoms with E-state index in [-0.39, 0.29) is 24.2 Å². The summed E-state index contributed by atoms with van der Waals surface area (Å²) in [5, 5.41) is 2.85. The summed E-state index contributed by atoms with van der Waals surface area (Å²) in [6.07, 6.45) is 0.226. The van der Waals surface area contributed by atoms with E-state index in [0.29, 0.717) is 0 Å². The number of amides is 1. The first-order valence-electron chi connectivity index (χ1n) is 6.15. The van der Waals surface area contributed by atoms with Crippen LogP contribution in [0.5, 0.6) is 0 Å². The standard InChI is InChI=1S/C15H16FNO2/c1-10-3-8-14(19-10)11(2)17-15(18)9-12-4-6-13(16)7-5-12/h3-8,11H,9H2,1-2H3,(H,17,18)/t11-/m0/s1. The highest BCUT2D eigenvalue weighted by atomic mass is 19.1. The van der Waals surface area contributed by atoms with Gasteiger partial charge in [-0.3, -0.25) is 4.79 Å². The fourth-order valence-electron chi connectivity index (χ4n) is 1.84. The first kappa shape index (κ1) is 13.3. The third-order valence-electron chi connectivity index (χ3n) is 2.84. The normalized spacial score (nSPS) is 12.2. The summed E-state index contributed by atoms with van der Waals surface area (Å²) in [5.41, 5.74) is 0.779. The van der Waals surface area contributed by atoms with Gasteiger partial charge in [0.2, 0.25) is 5.91 Å². The Kier molecular flexibility index (Phi) is 4.00. The van der Waals surface area contributed by atoms with Gasteiger partial charge in [-0.25, -0.2) is 4.39 Å². The van der Waals surface area contributed by atoms with Crippen molar-refractivity contribution in [3.05, 3.63) is 59.3 Å². The molecule has 0 radical (unpaired) electrons. The number of hydrogen-bond acceptors (Lipinski definition) is 2. The van der Waals surface area contributed by atoms with Crippen molar-refractivity contribution in [2.75, 3.05) is 0 Å². The fraction of sp³-hybridized carbons (Fsp3) is 0.267. The molecule has 0 unspecified atom stereocenters. The van der Waals surface area contributed by atoms with Crippen LogP contribution in [0, 0.1) is 12.7 Å². The maximum Gasteiger partial charge on any atom is 0.224 e. The van der Waals surface area contributed by atoms with Crippen molar-refractivity contribution in [3.8, 4) is 0 Å². The summed E-state index contributed by atoms with van der Waals surface area (Å²) in [5.74, 6) is 1.12. The molecule has 1 heterocycles. The number of carbonyl (C=O) groups excluding carboxylic acids is 1. The van der Waals surface area contributed by atoms with Crippen molar-refractivity contribution in [2.45, 2.75) is 26.3 Å². The summed E-state index contributed by atoms with van der Waals surface area (Å²) in [6, 6.07) is 9.44. The summed E-state index contributed by atoms with van der Waals surface area (Å²) < 4.78 is 18.2. The molecule has 0 saturated heterocycles. The number of furan rings is 1. The number of hydrogen-bond donors (Lipinski definition) is 1. The van der Waals surface area contributed by atoms with Gasteiger partial charge < -0.3 is 9.73 Å². The minimum Gasteiger partial charge on any atom is -0.464 e. The Morgan fingerprint density at radius 1 is 1.26 bits per heavy atom. The van der Waals surface area contributed by atoms with Crippen LogP contribution in [0.4, 0.5) is 4.39 Å². The van der Waals surface area contributed by atoms with Gasteiger partial charge in [-0.2, -0.15) is 0 Å². The Morgan fingerprint density at radius 2 is 1.95 bits per heavy atom. The van der Waals surface area contributed by atoms with Crippen molar-refractivity contribution in [3.63, 3.8) is 0 Å². The molecule has 19 heavy (non-hydrogen) atoms. The second kappa shape index (κ2) is 5.69. The first-order chi connectivity index (χ1) is 9.04. The second-order valence-electron chi connectivity index (χ2n) is 4.54. The Labute approximate surface area is 111 Å². The molecule has 0 bridgehead atoms. The number of aryl methyl sites for hydroxylation is 1. The average Bonchev–Trinajstić information content (AvgIpc) is 2.79. The van der Waals surface area contributed by atoms with Crippen LogP contribution in [-0.2, 0) is 11.2 Å². The first-order valence-corrected chi connectivity index (χ1v) is 6.15. The van der Waals surface area contributed by atoms with Crippen LogP contribution in [0.1, 0.15) is 30.0 Å². The lowest BCUT2D eigenvalue weighted by Crippen LogP contribution is -2.27. The number of rotatable bonds is 4. The highest BCUT2D eigenvalue weighted by Gasteiger charge is 2.12. The predicted octanol–water partition coefficient (Wildman–Crippen LogP) is 3.15. The number of carbonyl (C=O) groups is 1. The van der Waals surface area contributed by atoms with Crippen LogP contribution in [0.15, 0.2) is 40.8 Å². The van der Waals surface area contributed by atoms with Gasteiger partial charge in [0.15, 0.2) is 0 Å². The Morgan fingerprint density at radius 3 is 2.53 bits per heavy atom. The van der Waals surface area contributed by atoms with Crippen molar-refractivity contribution < 1.29 is 13.6 Å². The van der Waals surface area contributed by atoms with Gasteiger partial charge in [0.1, 0.15) is 17.3 Å². The number of nitrogens with one attached hydrogen (secondary N) is 1. The summed E-state index contributed by atoms with van der Waals surface area (Å²) in [6.45, 7) is 3.72. The second-order valence-corrected chi connectivity index (χ2v) is 4.54. The Balaban J connectivity index is 1.92. The molecule has 0 aliphatic rings. The Hall–Kier alpha value is -2.10. The van der Waals surface area contributed by atoms with Crippen molar-refractivity contribution in [2.24, 2.45) is 0 Å². The van der Waals surface area contributed by atoms with E-state index >= 15 is 0 Å². The van der Waals surface area contributed by atoms with Crippen molar-refractivity contribution >= 4 is 5.91 Å². The topological polar surface area (TPSA) is 42.2 Å². The van der Waals surface area contributed by atoms with Gasteiger partial charge in [-0.15, -0.1) is 0 Å². The quantitative estimate of drug-likeness (QED) is 0.918. The Bertz CT molecular complexity index is 560. The summed E-state index contributed by atoms with van der Waals surface area (Å²) in [7, 11) is 0. The van der Waals surface area contributed by atoms with Gasteiger partial charge in [0, 0.05) is 0 Å². The highest BCUT2D eigenvalue weighted by Crippen LogP contribution is 2.15. The molecule has 2 rings (SSSR count). The van der Waals surface area contributed by atoms with Gasteiger partial charge in [-0.05, 0) is 43.7 Å². The van der Waals surface area contributed by atoms with E-state index in [1.54, 1.807) is 12.1 Å². The van der Waals surface area contributed by atoms with Crippen LogP contribution in [-0.4, -0.2) is 5.91 Å². The van der Waals surface area contributed by atoms with E-state index in [4.69, 9.17) is 4.42 Å². The minimum atomic E-state index is -0.302. The van der Waals surface area contributed by atoms with E-state index in [2.05, 4.69) is 5.32 Å². The molecular formula is C15H16FNO2. The van der Waals surface area contributed by atoms with Gasteiger partial charge >= 0.3 is 0 Å². The highest BCUT2D eigenvalue weighted by molar-refractivity contribution is 5.78. The molecule has 3 nitrogen and oxygen atoms in total. The maximum absolute atomic E-state index is 12.7. The lowest BCUT2D eigenvalue weighted by atomic mass is 10.1. The van der Waals surface area contributed by atoms with E-state index in [1.807, 2.05) is 26.0 Å². The zero-order valence-corrected chi connectivity index (χ0v) is 10.9. The predicted molar refractivity (Wildman–Crippen MR) is 70.1 cm³/mol. The molecule has 0 fully saturated rings. The number of halogens is 1. The largest absolute Gasteiger partial charge is 0.464 e. The van der Waals surface area contributed by atoms with Crippen LogP contribution < -0.4 is 5.32 Å². The molecule has 4 heteroatoms. The molecule has 1 atom stereocenters. The van der Waals surface area contributed by atoms with E-state index < -0.39 is 0 Å². The van der Waals surface area contributed by atoms with E-state index in [1.165, 1.54) is 12.1 Å². The third-order valence-corrected chi connectivity index (χ3v) is 2.84. The zero-order chi connectivity index (χ0) is 13.8. The molecule has 1 amide bonds. The fourth-order valence-corrected chi connectivity index (χ4v) is 1.84. The molecule has 0 aliphatic carbocycles. The van der Waals surface area contributed by atoms with Crippen LogP contribution >= 0.6 is 0 Å². The summed E-state index contributed by atoms with van der Waals surface area (Å²) in [4.78, 5) is 11.8. The molecule has 0 saturated carbocycles. The SMILES string of the molecule is Cc1ccc([C@H](C)NC(=O)Cc2ccc(F)cc2)o1. The molecule has 100 valence electrons. The third kappa shape index (κ3) is 3.68. The number of benzene rings is 1. The van der Waals surface area contributed by atoms with Gasteiger partial charge in [-0.1, -0.05) is 12.1 Å². The van der Waals surface area contributed by atoms with Gasteiger partial charge in [0.25, 0.3) is 0 Å². The monoisotopic (exact) mass is 261 g/mol. The molecule has 1 aromatic heterocycles. The zero-order valence-electron chi connectivity index (χ0n) is 10.9. The van der Waals surface area contributed by atoms with Crippen LogP contribution in [0.2, 0.25) is 0 Å². The molecule has 2 aromatic rings. The molecule has 1 aromatic carbocycles. The van der Waals surface area contributed by atoms with Crippen LogP contribution in [0.25, 0.3) is 0 Å². The smallest absolute Gasteiger partial charge is 0.224 e. The van der Waals surface area contributed by atoms with Crippen LogP contribution in [0.3, 0.4) is 0 Å². The van der Waals surface area contributed by atoms with Crippen molar-refractivity contribution in [1.82, 2.24) is 5.32 Å². The van der Waals surface area contributed by atoms with Crippen molar-refractivity contribution in [1.29, 1.82) is 0 Å². The molecule has 1 N–H and O–H groups in total. The maximum atomic E-state index is 12.7. The summed E-state index contributed by atoms with van der Waals surface area (Å²) >= 11 is 0. The molecule has 0 spiro atoms. The average molecular weight is 261 g/mol. The van der Waals surface area contributed by atoms with E-state index in [0.717, 1.165) is 17.1 Å². The lowest BCUT2D eigenvalue weighted by molar-refractivity contribution is -0.121. The van der Waals surface area contributed by atoms with E-state index in [9.17, 15) is 9.18 Å². The molecular weight excluding hydrogens is 245 g/mol. The van der Waals surface area contributed by atoms with Gasteiger partial charge in [0.05, 0.1) is 12.5 Å². The minimum absolute atomic E-state index is 0.117. The lowest BCUT2D eigenvalue weighted by Gasteiger charge is -2.11. The molecule has 0 aliphatic heterocycles.